The summed E-state index contributed by atoms with van der Waals surface area (Å²) in [4.78, 5) is 13.1. The third-order valence-corrected chi connectivity index (χ3v) is 9.53. The van der Waals surface area contributed by atoms with E-state index in [0.717, 1.165) is 22.3 Å². The summed E-state index contributed by atoms with van der Waals surface area (Å²) in [5, 5.41) is 6.35. The summed E-state index contributed by atoms with van der Waals surface area (Å²) in [6, 6.07) is 52.7. The Kier molecular flexibility index (Phi) is 5.15. The van der Waals surface area contributed by atoms with Crippen molar-refractivity contribution in [3.8, 4) is 33.4 Å². The summed E-state index contributed by atoms with van der Waals surface area (Å²) in [7, 11) is 0. The molecular weight excluding hydrogens is 562 g/mol. The van der Waals surface area contributed by atoms with Crippen molar-refractivity contribution in [3.63, 3.8) is 0 Å². The first-order valence-electron chi connectivity index (χ1n) is 15.6. The largest absolute Gasteiger partial charge is 0.456 e. The standard InChI is InChI=1S/C43H25NO2/c45-43-34-14-2-4-20-39(34)46-40-25-29(21-22-35(40)43)27-10-5-9-26(23-27)28-11-6-12-30(24-28)31-15-8-19-38-41(31)36-17-7-16-33-32-13-1-3-18-37(32)44(38)42(33)36/h1-25H. The van der Waals surface area contributed by atoms with Crippen LogP contribution in [-0.2, 0) is 0 Å². The van der Waals surface area contributed by atoms with Crippen LogP contribution in [0.4, 0.5) is 0 Å². The highest BCUT2D eigenvalue weighted by Gasteiger charge is 2.19. The van der Waals surface area contributed by atoms with Crippen molar-refractivity contribution in [2.75, 3.05) is 0 Å². The van der Waals surface area contributed by atoms with Gasteiger partial charge < -0.3 is 8.82 Å². The third kappa shape index (κ3) is 3.51. The fourth-order valence-corrected chi connectivity index (χ4v) is 7.45. The molecule has 3 heterocycles. The maximum atomic E-state index is 13.1. The van der Waals surface area contributed by atoms with Crippen molar-refractivity contribution in [1.82, 2.24) is 4.40 Å². The average Bonchev–Trinajstić information content (AvgIpc) is 3.64. The van der Waals surface area contributed by atoms with Crippen LogP contribution in [-0.4, -0.2) is 4.40 Å². The molecule has 0 saturated heterocycles. The lowest BCUT2D eigenvalue weighted by Gasteiger charge is -2.10. The van der Waals surface area contributed by atoms with Gasteiger partial charge in [0, 0.05) is 21.5 Å². The van der Waals surface area contributed by atoms with E-state index in [-0.39, 0.29) is 5.43 Å². The number of hydrogen-bond acceptors (Lipinski definition) is 2. The molecule has 0 unspecified atom stereocenters. The molecule has 0 bridgehead atoms. The average molecular weight is 588 g/mol. The SMILES string of the molecule is O=c1c2ccccc2oc2cc(-c3cccc(-c4cccc(-c5cccc6c5c5cccc7c8ccccc8n6c75)c4)c3)ccc12. The van der Waals surface area contributed by atoms with Crippen LogP contribution in [0.1, 0.15) is 0 Å². The van der Waals surface area contributed by atoms with Gasteiger partial charge in [-0.1, -0.05) is 103 Å². The molecule has 0 saturated carbocycles. The summed E-state index contributed by atoms with van der Waals surface area (Å²) in [5.41, 5.74) is 11.7. The minimum Gasteiger partial charge on any atom is -0.456 e. The first-order valence-corrected chi connectivity index (χ1v) is 15.6. The molecule has 0 radical (unpaired) electrons. The number of nitrogens with zero attached hydrogens (tertiary/aromatic N) is 1. The molecule has 46 heavy (non-hydrogen) atoms. The molecule has 3 nitrogen and oxygen atoms in total. The molecule has 0 atom stereocenters. The van der Waals surface area contributed by atoms with E-state index in [2.05, 4.69) is 114 Å². The smallest absolute Gasteiger partial charge is 0.200 e. The molecule has 3 aromatic heterocycles. The molecule has 10 rings (SSSR count). The summed E-state index contributed by atoms with van der Waals surface area (Å²) in [6.45, 7) is 0. The van der Waals surface area contributed by atoms with Gasteiger partial charge in [-0.25, -0.2) is 0 Å². The Morgan fingerprint density at radius 3 is 1.85 bits per heavy atom. The quantitative estimate of drug-likeness (QED) is 0.193. The Hall–Kier alpha value is -6.19. The second-order valence-corrected chi connectivity index (χ2v) is 12.1. The van der Waals surface area contributed by atoms with Crippen LogP contribution < -0.4 is 5.43 Å². The van der Waals surface area contributed by atoms with Gasteiger partial charge in [0.15, 0.2) is 0 Å². The van der Waals surface area contributed by atoms with Crippen LogP contribution in [0.15, 0.2) is 161 Å². The molecule has 0 aliphatic rings. The number of para-hydroxylation sites is 3. The molecule has 10 aromatic rings. The Morgan fingerprint density at radius 2 is 1.00 bits per heavy atom. The van der Waals surface area contributed by atoms with Gasteiger partial charge >= 0.3 is 0 Å². The van der Waals surface area contributed by atoms with Crippen molar-refractivity contribution in [3.05, 3.63) is 162 Å². The topological polar surface area (TPSA) is 34.6 Å². The van der Waals surface area contributed by atoms with E-state index in [4.69, 9.17) is 4.42 Å². The van der Waals surface area contributed by atoms with E-state index < -0.39 is 0 Å². The summed E-state index contributed by atoms with van der Waals surface area (Å²) in [6.07, 6.45) is 0. The summed E-state index contributed by atoms with van der Waals surface area (Å²) in [5.74, 6) is 0. The molecular formula is C43H25NO2. The zero-order valence-corrected chi connectivity index (χ0v) is 24.7. The van der Waals surface area contributed by atoms with Crippen LogP contribution >= 0.6 is 0 Å². The van der Waals surface area contributed by atoms with Crippen LogP contribution in [0.3, 0.4) is 0 Å². The molecule has 0 amide bonds. The first-order chi connectivity index (χ1) is 22.7. The molecule has 0 aliphatic carbocycles. The molecule has 0 aliphatic heterocycles. The first kappa shape index (κ1) is 25.2. The summed E-state index contributed by atoms with van der Waals surface area (Å²) >= 11 is 0. The lowest BCUT2D eigenvalue weighted by atomic mass is 9.94. The molecule has 214 valence electrons. The van der Waals surface area contributed by atoms with Crippen LogP contribution in [0.25, 0.3) is 93.4 Å². The number of fused-ring (bicyclic) bond motifs is 8. The van der Waals surface area contributed by atoms with E-state index in [1.54, 1.807) is 0 Å². The second kappa shape index (κ2) is 9.40. The Balaban J connectivity index is 1.11. The van der Waals surface area contributed by atoms with E-state index in [0.29, 0.717) is 21.9 Å². The van der Waals surface area contributed by atoms with Gasteiger partial charge in [-0.15, -0.1) is 0 Å². The van der Waals surface area contributed by atoms with Crippen LogP contribution in [0, 0.1) is 0 Å². The predicted octanol–water partition coefficient (Wildman–Crippen LogP) is 11.1. The van der Waals surface area contributed by atoms with Gasteiger partial charge in [-0.05, 0) is 81.9 Å². The number of aromatic nitrogens is 1. The number of benzene rings is 7. The van der Waals surface area contributed by atoms with Crippen molar-refractivity contribution < 1.29 is 4.42 Å². The highest BCUT2D eigenvalue weighted by atomic mass is 16.3. The van der Waals surface area contributed by atoms with Crippen LogP contribution in [0.5, 0.6) is 0 Å². The molecule has 3 heteroatoms. The minimum absolute atomic E-state index is 0.00136. The van der Waals surface area contributed by atoms with Crippen molar-refractivity contribution >= 4 is 60.0 Å². The highest BCUT2D eigenvalue weighted by molar-refractivity contribution is 6.25. The number of rotatable bonds is 3. The van der Waals surface area contributed by atoms with Crippen molar-refractivity contribution in [2.45, 2.75) is 0 Å². The van der Waals surface area contributed by atoms with E-state index in [1.165, 1.54) is 49.2 Å². The molecule has 0 N–H and O–H groups in total. The van der Waals surface area contributed by atoms with Crippen molar-refractivity contribution in [2.24, 2.45) is 0 Å². The monoisotopic (exact) mass is 587 g/mol. The van der Waals surface area contributed by atoms with Gasteiger partial charge in [0.25, 0.3) is 0 Å². The second-order valence-electron chi connectivity index (χ2n) is 12.1. The predicted molar refractivity (Wildman–Crippen MR) is 191 cm³/mol. The van der Waals surface area contributed by atoms with E-state index in [9.17, 15) is 4.79 Å². The zero-order chi connectivity index (χ0) is 30.4. The molecule has 0 fully saturated rings. The molecule has 0 spiro atoms. The Labute approximate surface area is 263 Å². The summed E-state index contributed by atoms with van der Waals surface area (Å²) < 4.78 is 8.60. The van der Waals surface area contributed by atoms with Gasteiger partial charge in [-0.2, -0.15) is 0 Å². The fourth-order valence-electron chi connectivity index (χ4n) is 7.45. The highest BCUT2D eigenvalue weighted by Crippen LogP contribution is 2.43. The van der Waals surface area contributed by atoms with E-state index in [1.807, 2.05) is 42.5 Å². The maximum Gasteiger partial charge on any atom is 0.200 e. The third-order valence-electron chi connectivity index (χ3n) is 9.53. The Bertz CT molecular complexity index is 2890. The van der Waals surface area contributed by atoms with Crippen molar-refractivity contribution in [1.29, 1.82) is 0 Å². The number of hydrogen-bond donors (Lipinski definition) is 0. The molecule has 7 aromatic carbocycles. The fraction of sp³-hybridized carbons (Fsp3) is 0. The zero-order valence-electron chi connectivity index (χ0n) is 24.7. The van der Waals surface area contributed by atoms with Gasteiger partial charge in [0.05, 0.1) is 27.3 Å². The van der Waals surface area contributed by atoms with Gasteiger partial charge in [0.1, 0.15) is 11.2 Å². The normalized spacial score (nSPS) is 12.0. The van der Waals surface area contributed by atoms with E-state index >= 15 is 0 Å². The lowest BCUT2D eigenvalue weighted by molar-refractivity contribution is 0.660. The lowest BCUT2D eigenvalue weighted by Crippen LogP contribution is -2.01. The maximum absolute atomic E-state index is 13.1. The Morgan fingerprint density at radius 1 is 0.413 bits per heavy atom. The van der Waals surface area contributed by atoms with Crippen LogP contribution in [0.2, 0.25) is 0 Å². The van der Waals surface area contributed by atoms with Gasteiger partial charge in [-0.3, -0.25) is 4.79 Å². The van der Waals surface area contributed by atoms with Gasteiger partial charge in [0.2, 0.25) is 5.43 Å². The minimum atomic E-state index is -0.00136.